The van der Waals surface area contributed by atoms with Crippen molar-refractivity contribution in [2.45, 2.75) is 138 Å². The monoisotopic (exact) mass is 1310 g/mol. The molecule has 0 aliphatic carbocycles. The molecule has 1 unspecified atom stereocenters. The third kappa shape index (κ3) is 23.0. The van der Waals surface area contributed by atoms with Crippen molar-refractivity contribution in [2.24, 2.45) is 22.9 Å². The van der Waals surface area contributed by atoms with Crippen molar-refractivity contribution in [1.82, 2.24) is 73.7 Å². The van der Waals surface area contributed by atoms with Gasteiger partial charge in [0.1, 0.15) is 66.5 Å². The maximum Gasteiger partial charge on any atom is 0.305 e. The number of hydrogen-bond acceptors (Lipinski definition) is 19. The highest BCUT2D eigenvalue weighted by Crippen LogP contribution is 2.25. The number of aromatic nitrogens is 1. The Kier molecular flexibility index (Phi) is 28.6. The molecule has 37 heteroatoms. The van der Waals surface area contributed by atoms with Crippen LogP contribution in [0.2, 0.25) is 0 Å². The number of carbonyl (C=O) groups is 13. The second-order valence-electron chi connectivity index (χ2n) is 21.5. The molecule has 1 aromatic heterocycles. The number of carboxylic acid groups (broad SMARTS) is 1. The van der Waals surface area contributed by atoms with Gasteiger partial charge in [-0.05, 0) is 75.8 Å². The first kappa shape index (κ1) is 72.5. The molecule has 4 heterocycles. The number of aliphatic hydroxyl groups excluding tert-OH is 1. The Hall–Kier alpha value is -9.23. The van der Waals surface area contributed by atoms with Crippen LogP contribution < -0.4 is 86.7 Å². The Morgan fingerprint density at radius 3 is 1.85 bits per heavy atom. The van der Waals surface area contributed by atoms with Gasteiger partial charge in [0, 0.05) is 48.8 Å². The van der Waals surface area contributed by atoms with Gasteiger partial charge in [0.25, 0.3) is 0 Å². The minimum atomic E-state index is -1.95. The third-order valence-corrected chi connectivity index (χ3v) is 16.9. The number of amides is 12. The summed E-state index contributed by atoms with van der Waals surface area (Å²) in [5.74, 6) is -15.4. The summed E-state index contributed by atoms with van der Waals surface area (Å²) >= 11 is 0. The molecule has 12 amide bonds. The SMILES string of the molecule is C[C@@H]1NC(=O)[C@@H]2CSSC[C@H](NC(=O)CN)C(=O)N[C@@H](CC=CC[C@@H](C(N)=O)NC(=O)[C@H](CCCNC(=N)N)NC(=O)[C@H](Cc3cc4ccccc4[nH]3)NC1=O)C(=O)N[C@@H](CO)C(=O)N[C@@H](CC(=O)O)C(=O)N1CCCC1C(=O)N[C@@H](CCCNC(=N)N)C(=O)N2. The van der Waals surface area contributed by atoms with Crippen LogP contribution in [0.25, 0.3) is 10.9 Å². The highest BCUT2D eigenvalue weighted by Gasteiger charge is 2.41. The fourth-order valence-electron chi connectivity index (χ4n) is 9.71. The lowest BCUT2D eigenvalue weighted by Crippen LogP contribution is -2.61. The lowest BCUT2D eigenvalue weighted by atomic mass is 10.1. The molecule has 25 N–H and O–H groups in total. The van der Waals surface area contributed by atoms with Crippen LogP contribution in [0, 0.1) is 10.8 Å². The molecule has 2 aromatic rings. The van der Waals surface area contributed by atoms with Crippen LogP contribution in [0.3, 0.4) is 0 Å². The minimum Gasteiger partial charge on any atom is -0.481 e. The number of carbonyl (C=O) groups excluding carboxylic acids is 12. The number of hydrogen-bond donors (Lipinski definition) is 21. The van der Waals surface area contributed by atoms with E-state index in [9.17, 15) is 72.5 Å². The fourth-order valence-corrected chi connectivity index (χ4v) is 12.0. The van der Waals surface area contributed by atoms with E-state index < -0.39 is 181 Å². The molecule has 2 bridgehead atoms. The topological polar surface area (TPSA) is 578 Å². The first-order chi connectivity index (χ1) is 43.3. The summed E-state index contributed by atoms with van der Waals surface area (Å²) in [5, 5.41) is 66.5. The molecule has 5 rings (SSSR count). The third-order valence-electron chi connectivity index (χ3n) is 14.5. The Bertz CT molecular complexity index is 3030. The summed E-state index contributed by atoms with van der Waals surface area (Å²) < 4.78 is 0. The zero-order chi connectivity index (χ0) is 66.9. The zero-order valence-corrected chi connectivity index (χ0v) is 51.3. The summed E-state index contributed by atoms with van der Waals surface area (Å²) in [5.41, 5.74) is 23.5. The average Bonchev–Trinajstić information content (AvgIpc) is 2.00. The van der Waals surface area contributed by atoms with Gasteiger partial charge in [-0.15, -0.1) is 0 Å². The summed E-state index contributed by atoms with van der Waals surface area (Å²) in [4.78, 5) is 186. The number of H-pyrrole nitrogens is 1. The van der Waals surface area contributed by atoms with Gasteiger partial charge in [0.15, 0.2) is 11.9 Å². The van der Waals surface area contributed by atoms with Crippen LogP contribution in [0.4, 0.5) is 0 Å². The summed E-state index contributed by atoms with van der Waals surface area (Å²) in [6.07, 6.45) is 0.338. The fraction of sp³-hybridized carbons (Fsp3) is 0.537. The van der Waals surface area contributed by atoms with E-state index in [2.05, 4.69) is 68.8 Å². The largest absolute Gasteiger partial charge is 0.481 e. The van der Waals surface area contributed by atoms with Gasteiger partial charge >= 0.3 is 5.97 Å². The van der Waals surface area contributed by atoms with E-state index in [-0.39, 0.29) is 82.5 Å². The van der Waals surface area contributed by atoms with Gasteiger partial charge in [-0.25, -0.2) is 0 Å². The van der Waals surface area contributed by atoms with E-state index in [1.54, 1.807) is 30.3 Å². The molecular weight excluding hydrogens is 1230 g/mol. The number of rotatable bonds is 16. The lowest BCUT2D eigenvalue weighted by Gasteiger charge is -2.30. The predicted octanol–water partition coefficient (Wildman–Crippen LogP) is -7.25. The number of carboxylic acids is 1. The number of fused-ring (bicyclic) bond motifs is 10. The van der Waals surface area contributed by atoms with Crippen LogP contribution >= 0.6 is 21.6 Å². The van der Waals surface area contributed by atoms with E-state index in [4.69, 9.17) is 33.8 Å². The number of nitrogens with one attached hydrogen (secondary N) is 15. The second-order valence-corrected chi connectivity index (χ2v) is 24.0. The van der Waals surface area contributed by atoms with Gasteiger partial charge in [-0.1, -0.05) is 51.9 Å². The summed E-state index contributed by atoms with van der Waals surface area (Å²) in [6.45, 7) is -0.632. The molecule has 0 spiro atoms. The predicted molar refractivity (Wildman–Crippen MR) is 331 cm³/mol. The van der Waals surface area contributed by atoms with Crippen LogP contribution in [0.5, 0.6) is 0 Å². The normalized spacial score (nSPS) is 25.9. The Labute approximate surface area is 529 Å². The molecule has 11 atom stereocenters. The molecule has 498 valence electrons. The number of nitrogens with zero attached hydrogens (tertiary/aromatic N) is 1. The number of aliphatic carboxylic acids is 1. The van der Waals surface area contributed by atoms with Gasteiger partial charge < -0.3 is 107 Å². The molecule has 0 radical (unpaired) electrons. The Morgan fingerprint density at radius 2 is 1.22 bits per heavy atom. The van der Waals surface area contributed by atoms with E-state index >= 15 is 0 Å². The van der Waals surface area contributed by atoms with Crippen molar-refractivity contribution in [3.63, 3.8) is 0 Å². The highest BCUT2D eigenvalue weighted by molar-refractivity contribution is 8.76. The minimum absolute atomic E-state index is 0.00626. The van der Waals surface area contributed by atoms with Gasteiger partial charge in [-0.3, -0.25) is 73.1 Å². The van der Waals surface area contributed by atoms with Gasteiger partial charge in [-0.2, -0.15) is 0 Å². The second kappa shape index (κ2) is 35.8. The molecule has 0 saturated carbocycles. The van der Waals surface area contributed by atoms with E-state index in [0.717, 1.165) is 31.9 Å². The smallest absolute Gasteiger partial charge is 0.305 e. The van der Waals surface area contributed by atoms with E-state index in [1.807, 2.05) is 0 Å². The van der Waals surface area contributed by atoms with Crippen molar-refractivity contribution in [1.29, 1.82) is 10.8 Å². The van der Waals surface area contributed by atoms with Crippen molar-refractivity contribution in [3.05, 3.63) is 48.2 Å². The maximum absolute atomic E-state index is 14.6. The number of aromatic amines is 1. The average molecular weight is 1310 g/mol. The molecule has 3 aliphatic heterocycles. The number of guanidine groups is 2. The number of aliphatic hydroxyl groups is 1. The molecule has 1 aromatic carbocycles. The summed E-state index contributed by atoms with van der Waals surface area (Å²) in [7, 11) is 1.76. The standard InChI is InChI=1S/C54H80N20O15S2/c1-26-43(80)70-34(20-28-19-27-9-2-3-10-29(27)64-28)47(84)67-32(13-6-16-61-53(57)58)44(81)66-30(42(56)79)11-4-5-12-31-45(82)72-36(23-75)48(85)71-35(21-41(77)78)52(89)74-18-8-15-39(74)51(88)69-33(14-7-17-62-54(59)60)46(83)73-38(49(86)63-26)25-91-90-24-37(50(87)68-31)65-40(76)22-55/h2-5,9-10,19,26,30-39,64,75H,6-8,11-18,20-25,55H2,1H3,(H2,56,79)(H,63,86)(H,65,76)(H,66,81)(H,67,84)(H,68,87)(H,69,88)(H,70,80)(H,71,85)(H,72,82)(H,73,83)(H,77,78)(H4,57,58,61)(H4,59,60,62)/t26-,30-,31-,32-,33-,34-,35-,36-,37-,38-,39?/m0/s1. The van der Waals surface area contributed by atoms with Crippen molar-refractivity contribution in [3.8, 4) is 0 Å². The lowest BCUT2D eigenvalue weighted by molar-refractivity contribution is -0.146. The highest BCUT2D eigenvalue weighted by atomic mass is 33.1. The molecule has 3 aliphatic rings. The molecule has 35 nitrogen and oxygen atoms in total. The van der Waals surface area contributed by atoms with Crippen LogP contribution in [0.15, 0.2) is 42.5 Å². The zero-order valence-electron chi connectivity index (χ0n) is 49.7. The first-order valence-electron chi connectivity index (χ1n) is 29.1. The number of para-hydroxylation sites is 1. The van der Waals surface area contributed by atoms with E-state index in [0.29, 0.717) is 11.2 Å². The van der Waals surface area contributed by atoms with E-state index in [1.165, 1.54) is 19.1 Å². The Morgan fingerprint density at radius 1 is 0.659 bits per heavy atom. The first-order valence-corrected chi connectivity index (χ1v) is 31.5. The molecule has 2 fully saturated rings. The molecular formula is C54H80N20O15S2. The molecule has 91 heavy (non-hydrogen) atoms. The van der Waals surface area contributed by atoms with Crippen LogP contribution in [-0.4, -0.2) is 220 Å². The quantitative estimate of drug-likeness (QED) is 0.0244. The van der Waals surface area contributed by atoms with Gasteiger partial charge in [0.2, 0.25) is 70.9 Å². The molecule has 2 saturated heterocycles. The van der Waals surface area contributed by atoms with Crippen molar-refractivity contribution in [2.75, 3.05) is 44.3 Å². The number of nitrogens with two attached hydrogens (primary N) is 4. The van der Waals surface area contributed by atoms with Crippen molar-refractivity contribution >= 4 is 121 Å². The number of primary amides is 1. The Balaban J connectivity index is 1.66. The number of benzene rings is 1. The summed E-state index contributed by atoms with van der Waals surface area (Å²) in [6, 6.07) is -8.82. The maximum atomic E-state index is 14.6. The van der Waals surface area contributed by atoms with Crippen LogP contribution in [-0.2, 0) is 68.7 Å². The van der Waals surface area contributed by atoms with Crippen LogP contribution in [0.1, 0.15) is 70.4 Å². The van der Waals surface area contributed by atoms with Gasteiger partial charge in [0.05, 0.1) is 19.6 Å². The van der Waals surface area contributed by atoms with Crippen molar-refractivity contribution < 1.29 is 72.5 Å².